The number of piperidine rings is 1. The van der Waals surface area contributed by atoms with Crippen molar-refractivity contribution in [1.82, 2.24) is 10.3 Å². The summed E-state index contributed by atoms with van der Waals surface area (Å²) in [6, 6.07) is 5.18. The van der Waals surface area contributed by atoms with E-state index in [1.54, 1.807) is 23.6 Å². The van der Waals surface area contributed by atoms with Gasteiger partial charge in [0.1, 0.15) is 5.60 Å². The second-order valence-corrected chi connectivity index (χ2v) is 8.53. The lowest BCUT2D eigenvalue weighted by atomic mass is 9.85. The maximum absolute atomic E-state index is 14.1. The molecule has 0 saturated carbocycles. The fourth-order valence-corrected chi connectivity index (χ4v) is 5.24. The number of nitrogens with zero attached hydrogens (tertiary/aromatic N) is 2. The van der Waals surface area contributed by atoms with Crippen LogP contribution in [-0.4, -0.2) is 36.6 Å². The van der Waals surface area contributed by atoms with Gasteiger partial charge in [0.15, 0.2) is 11.6 Å². The number of carbonyl (C=O) groups is 1. The third kappa shape index (κ3) is 3.46. The molecule has 0 aromatic carbocycles. The molecule has 1 N–H and O–H groups in total. The predicted octanol–water partition coefficient (Wildman–Crippen LogP) is 3.49. The fourth-order valence-electron chi connectivity index (χ4n) is 3.93. The first-order chi connectivity index (χ1) is 13.0. The lowest BCUT2D eigenvalue weighted by Crippen LogP contribution is -2.46. The molecule has 2 aliphatic rings. The van der Waals surface area contributed by atoms with Crippen LogP contribution in [0.1, 0.15) is 46.8 Å². The average molecular weight is 389 g/mol. The first-order valence-corrected chi connectivity index (χ1v) is 10.2. The largest absolute Gasteiger partial charge is 0.369 e. The number of thiophene rings is 1. The molecule has 0 radical (unpaired) electrons. The molecule has 4 rings (SSSR count). The lowest BCUT2D eigenvalue weighted by Gasteiger charge is -2.44. The van der Waals surface area contributed by atoms with E-state index in [9.17, 15) is 9.18 Å². The number of ether oxygens (including phenoxy) is 1. The van der Waals surface area contributed by atoms with E-state index in [-0.39, 0.29) is 23.4 Å². The second-order valence-electron chi connectivity index (χ2n) is 7.48. The van der Waals surface area contributed by atoms with E-state index in [1.807, 2.05) is 24.8 Å². The van der Waals surface area contributed by atoms with Crippen molar-refractivity contribution in [1.29, 1.82) is 0 Å². The molecule has 7 heteroatoms. The topological polar surface area (TPSA) is 54.5 Å². The summed E-state index contributed by atoms with van der Waals surface area (Å²) >= 11 is 1.55. The van der Waals surface area contributed by atoms with Crippen molar-refractivity contribution in [3.8, 4) is 0 Å². The minimum absolute atomic E-state index is 0.0208. The zero-order chi connectivity index (χ0) is 19.0. The van der Waals surface area contributed by atoms with E-state index in [1.165, 1.54) is 16.5 Å². The molecule has 27 heavy (non-hydrogen) atoms. The smallest absolute Gasteiger partial charge is 0.261 e. The van der Waals surface area contributed by atoms with Crippen molar-refractivity contribution in [2.75, 3.05) is 24.6 Å². The van der Waals surface area contributed by atoms with E-state index in [0.717, 1.165) is 24.1 Å². The summed E-state index contributed by atoms with van der Waals surface area (Å²) in [4.78, 5) is 20.5. The molecular formula is C20H24FN3O2S. The molecule has 2 aromatic heterocycles. The zero-order valence-electron chi connectivity index (χ0n) is 15.6. The molecule has 1 amide bonds. The second kappa shape index (κ2) is 7.20. The Kier molecular flexibility index (Phi) is 4.90. The standard InChI is InChI=1S/C20H24FN3O2S/c1-13(2)23-19(25)16-12-14-5-11-26-20(17(14)27-16)6-9-24(10-7-20)18-15(21)4-3-8-22-18/h3-4,8,12-13H,5-7,9-11H2,1-2H3,(H,23,25). The van der Waals surface area contributed by atoms with Gasteiger partial charge >= 0.3 is 0 Å². The van der Waals surface area contributed by atoms with Crippen LogP contribution in [0.2, 0.25) is 0 Å². The Bertz CT molecular complexity index is 844. The van der Waals surface area contributed by atoms with Crippen molar-refractivity contribution in [3.63, 3.8) is 0 Å². The Hall–Kier alpha value is -1.99. The van der Waals surface area contributed by atoms with Crippen LogP contribution in [0, 0.1) is 5.82 Å². The van der Waals surface area contributed by atoms with Gasteiger partial charge in [0.2, 0.25) is 0 Å². The van der Waals surface area contributed by atoms with Crippen molar-refractivity contribution in [2.45, 2.75) is 44.8 Å². The van der Waals surface area contributed by atoms with Gasteiger partial charge in [-0.2, -0.15) is 0 Å². The minimum Gasteiger partial charge on any atom is -0.369 e. The highest BCUT2D eigenvalue weighted by atomic mass is 32.1. The van der Waals surface area contributed by atoms with Gasteiger partial charge in [-0.25, -0.2) is 9.37 Å². The zero-order valence-corrected chi connectivity index (χ0v) is 16.4. The Balaban J connectivity index is 1.55. The number of nitrogens with one attached hydrogen (secondary N) is 1. The summed E-state index contributed by atoms with van der Waals surface area (Å²) in [7, 11) is 0. The summed E-state index contributed by atoms with van der Waals surface area (Å²) in [6.45, 7) is 5.94. The van der Waals surface area contributed by atoms with E-state index >= 15 is 0 Å². The van der Waals surface area contributed by atoms with Crippen molar-refractivity contribution < 1.29 is 13.9 Å². The SMILES string of the molecule is CC(C)NC(=O)c1cc2c(s1)C1(CCN(c3ncccc3F)CC1)OCC2. The summed E-state index contributed by atoms with van der Waals surface area (Å²) < 4.78 is 20.3. The third-order valence-electron chi connectivity index (χ3n) is 5.23. The number of pyridine rings is 1. The molecular weight excluding hydrogens is 365 g/mol. The Morgan fingerprint density at radius 2 is 2.19 bits per heavy atom. The molecule has 1 fully saturated rings. The third-order valence-corrected chi connectivity index (χ3v) is 6.59. The first-order valence-electron chi connectivity index (χ1n) is 9.42. The monoisotopic (exact) mass is 389 g/mol. The fraction of sp³-hybridized carbons (Fsp3) is 0.500. The minimum atomic E-state index is -0.365. The molecule has 0 unspecified atom stereocenters. The molecule has 0 bridgehead atoms. The number of aromatic nitrogens is 1. The summed E-state index contributed by atoms with van der Waals surface area (Å²) in [5.41, 5.74) is 0.855. The van der Waals surface area contributed by atoms with E-state index in [4.69, 9.17) is 4.74 Å². The average Bonchev–Trinajstić information content (AvgIpc) is 3.09. The molecule has 1 spiro atoms. The van der Waals surface area contributed by atoms with Crippen molar-refractivity contribution in [2.24, 2.45) is 0 Å². The molecule has 2 aromatic rings. The Morgan fingerprint density at radius 3 is 2.89 bits per heavy atom. The molecule has 0 aliphatic carbocycles. The van der Waals surface area contributed by atoms with Crippen molar-refractivity contribution in [3.05, 3.63) is 45.5 Å². The highest BCUT2D eigenvalue weighted by Gasteiger charge is 2.43. The van der Waals surface area contributed by atoms with Crippen LogP contribution >= 0.6 is 11.3 Å². The van der Waals surface area contributed by atoms with E-state index < -0.39 is 0 Å². The van der Waals surface area contributed by atoms with E-state index in [2.05, 4.69) is 10.3 Å². The number of fused-ring (bicyclic) bond motifs is 2. The molecule has 0 atom stereocenters. The Labute approximate surface area is 162 Å². The molecule has 5 nitrogen and oxygen atoms in total. The number of halogens is 1. The molecule has 1 saturated heterocycles. The van der Waals surface area contributed by atoms with Gasteiger partial charge < -0.3 is 15.0 Å². The number of hydrogen-bond donors (Lipinski definition) is 1. The van der Waals surface area contributed by atoms with Crippen molar-refractivity contribution >= 4 is 23.1 Å². The van der Waals surface area contributed by atoms with Gasteiger partial charge in [0.05, 0.1) is 11.5 Å². The maximum atomic E-state index is 14.1. The van der Waals surface area contributed by atoms with Gasteiger partial charge in [-0.3, -0.25) is 4.79 Å². The number of hydrogen-bond acceptors (Lipinski definition) is 5. The van der Waals surface area contributed by atoms with Crippen LogP contribution in [0.3, 0.4) is 0 Å². The van der Waals surface area contributed by atoms with Crippen LogP contribution in [0.25, 0.3) is 0 Å². The van der Waals surface area contributed by atoms with Gasteiger partial charge in [-0.05, 0) is 56.9 Å². The molecule has 4 heterocycles. The van der Waals surface area contributed by atoms with Crippen LogP contribution in [0.15, 0.2) is 24.4 Å². The predicted molar refractivity (Wildman–Crippen MR) is 104 cm³/mol. The van der Waals surface area contributed by atoms with Crippen LogP contribution < -0.4 is 10.2 Å². The van der Waals surface area contributed by atoms with Gasteiger partial charge in [-0.15, -0.1) is 11.3 Å². The quantitative estimate of drug-likeness (QED) is 0.873. The Morgan fingerprint density at radius 1 is 1.41 bits per heavy atom. The van der Waals surface area contributed by atoms with Crippen LogP contribution in [-0.2, 0) is 16.8 Å². The summed E-state index contributed by atoms with van der Waals surface area (Å²) in [6.07, 6.45) is 3.99. The number of carbonyl (C=O) groups excluding carboxylic acids is 1. The lowest BCUT2D eigenvalue weighted by molar-refractivity contribution is -0.0736. The number of rotatable bonds is 3. The maximum Gasteiger partial charge on any atom is 0.261 e. The van der Waals surface area contributed by atoms with Crippen LogP contribution in [0.4, 0.5) is 10.2 Å². The highest BCUT2D eigenvalue weighted by molar-refractivity contribution is 7.14. The molecule has 2 aliphatic heterocycles. The van der Waals surface area contributed by atoms with Crippen LogP contribution in [0.5, 0.6) is 0 Å². The number of anilines is 1. The summed E-state index contributed by atoms with van der Waals surface area (Å²) in [5, 5.41) is 2.97. The molecule has 144 valence electrons. The van der Waals surface area contributed by atoms with Gasteiger partial charge in [-0.1, -0.05) is 0 Å². The van der Waals surface area contributed by atoms with Gasteiger partial charge in [0, 0.05) is 30.2 Å². The van der Waals surface area contributed by atoms with Gasteiger partial charge in [0.25, 0.3) is 5.91 Å². The first kappa shape index (κ1) is 18.4. The normalized spacial score (nSPS) is 18.6. The highest BCUT2D eigenvalue weighted by Crippen LogP contribution is 2.46. The summed E-state index contributed by atoms with van der Waals surface area (Å²) in [5.74, 6) is 0.0987. The number of amides is 1. The van der Waals surface area contributed by atoms with E-state index in [0.29, 0.717) is 25.5 Å².